The molecule has 4 heterocycles. The number of nitrogens with one attached hydrogen (secondary N) is 1. The van der Waals surface area contributed by atoms with Gasteiger partial charge in [0.1, 0.15) is 24.1 Å². The topological polar surface area (TPSA) is 204 Å². The first-order chi connectivity index (χ1) is 13.7. The third-order valence-electron chi connectivity index (χ3n) is 4.54. The highest BCUT2D eigenvalue weighted by atomic mass is 31.2. The zero-order valence-electron chi connectivity index (χ0n) is 15.0. The molecule has 0 spiro atoms. The first-order valence-corrected chi connectivity index (χ1v) is 9.94. The molecule has 1 saturated heterocycles. The number of hydrogen-bond acceptors (Lipinski definition) is 10. The molecule has 1 unspecified atom stereocenters. The minimum Gasteiger partial charge on any atom is -0.387 e. The van der Waals surface area contributed by atoms with E-state index in [0.717, 1.165) is 4.34 Å². The summed E-state index contributed by atoms with van der Waals surface area (Å²) >= 11 is 0. The minimum absolute atomic E-state index is 0.0281. The van der Waals surface area contributed by atoms with Crippen LogP contribution in [0.15, 0.2) is 23.5 Å². The van der Waals surface area contributed by atoms with Crippen molar-refractivity contribution in [1.82, 2.24) is 28.8 Å². The number of imidazole rings is 2. The van der Waals surface area contributed by atoms with Gasteiger partial charge in [-0.1, -0.05) is 0 Å². The molecule has 0 saturated carbocycles. The molecule has 0 amide bonds. The Balaban J connectivity index is 1.55. The number of nitrogens with two attached hydrogens (primary N) is 1. The first-order valence-electron chi connectivity index (χ1n) is 8.41. The lowest BCUT2D eigenvalue weighted by molar-refractivity contribution is -0.0487. The van der Waals surface area contributed by atoms with E-state index in [2.05, 4.69) is 19.9 Å². The maximum absolute atomic E-state index is 12.4. The lowest BCUT2D eigenvalue weighted by Crippen LogP contribution is -2.33. The lowest BCUT2D eigenvalue weighted by atomic mass is 10.1. The number of rotatable bonds is 5. The van der Waals surface area contributed by atoms with Gasteiger partial charge in [-0.05, 0) is 6.92 Å². The van der Waals surface area contributed by atoms with Crippen molar-refractivity contribution in [3.05, 3.63) is 34.9 Å². The molecule has 15 heteroatoms. The van der Waals surface area contributed by atoms with E-state index in [4.69, 9.17) is 15.0 Å². The van der Waals surface area contributed by atoms with Crippen LogP contribution in [0.1, 0.15) is 12.1 Å². The molecular formula is C14H18N7O7P. The Hall–Kier alpha value is -2.61. The standard InChI is InChI=1S/C14H18N7O7P/c1-6-16-2-3-21(6)29(25,26)27-4-7-9(22)10(23)13(28-7)20-5-17-8-11(20)18-14(15)19-12(8)24/h2-3,5,7,9-10,13,22-23H,4H2,1H3,(H,25,26)(H3,15,18,19,24)/t7-,9-,10-,13-/m1/s1. The summed E-state index contributed by atoms with van der Waals surface area (Å²) in [6.07, 6.45) is -1.38. The van der Waals surface area contributed by atoms with Crippen molar-refractivity contribution < 1.29 is 28.9 Å². The highest BCUT2D eigenvalue weighted by molar-refractivity contribution is 7.51. The van der Waals surface area contributed by atoms with Crippen LogP contribution in [0.4, 0.5) is 5.95 Å². The molecule has 29 heavy (non-hydrogen) atoms. The largest absolute Gasteiger partial charge is 0.437 e. The SMILES string of the molecule is Cc1nccn1P(=O)(O)OC[C@H]1O[C@@H](n2cnc3c(=O)[nH]c(N)nc32)[C@H](O)[C@@H]1O. The predicted octanol–water partition coefficient (Wildman–Crippen LogP) is -1.51. The highest BCUT2D eigenvalue weighted by Gasteiger charge is 2.45. The maximum atomic E-state index is 12.4. The zero-order chi connectivity index (χ0) is 20.9. The van der Waals surface area contributed by atoms with Crippen molar-refractivity contribution in [3.63, 3.8) is 0 Å². The number of H-pyrrole nitrogens is 1. The molecule has 0 aliphatic carbocycles. The van der Waals surface area contributed by atoms with Gasteiger partial charge in [0.05, 0.1) is 12.9 Å². The van der Waals surface area contributed by atoms with Crippen LogP contribution in [0, 0.1) is 6.92 Å². The molecule has 3 aromatic heterocycles. The van der Waals surface area contributed by atoms with Gasteiger partial charge >= 0.3 is 7.75 Å². The van der Waals surface area contributed by atoms with Crippen LogP contribution in [0.2, 0.25) is 0 Å². The van der Waals surface area contributed by atoms with E-state index in [1.165, 1.54) is 30.2 Å². The summed E-state index contributed by atoms with van der Waals surface area (Å²) in [6, 6.07) is 0. The molecular weight excluding hydrogens is 409 g/mol. The van der Waals surface area contributed by atoms with Gasteiger partial charge < -0.3 is 25.6 Å². The Morgan fingerprint density at radius 3 is 2.83 bits per heavy atom. The number of nitrogens with zero attached hydrogens (tertiary/aromatic N) is 5. The summed E-state index contributed by atoms with van der Waals surface area (Å²) in [5.41, 5.74) is 4.99. The second-order valence-corrected chi connectivity index (χ2v) is 8.10. The summed E-state index contributed by atoms with van der Waals surface area (Å²) in [7, 11) is -4.28. The fraction of sp³-hybridized carbons (Fsp3) is 0.429. The molecule has 1 aliphatic heterocycles. The van der Waals surface area contributed by atoms with Crippen molar-refractivity contribution >= 4 is 24.9 Å². The summed E-state index contributed by atoms with van der Waals surface area (Å²) in [6.45, 7) is 1.03. The number of aliphatic hydroxyl groups excluding tert-OH is 2. The Kier molecular flexibility index (Phi) is 4.77. The van der Waals surface area contributed by atoms with Gasteiger partial charge in [-0.2, -0.15) is 4.98 Å². The molecule has 1 fully saturated rings. The van der Waals surface area contributed by atoms with Crippen molar-refractivity contribution in [2.45, 2.75) is 31.5 Å². The van der Waals surface area contributed by atoms with Crippen molar-refractivity contribution in [2.24, 2.45) is 0 Å². The average molecular weight is 427 g/mol. The van der Waals surface area contributed by atoms with Crippen LogP contribution in [0.5, 0.6) is 0 Å². The van der Waals surface area contributed by atoms with E-state index in [1.54, 1.807) is 0 Å². The van der Waals surface area contributed by atoms with Gasteiger partial charge in [-0.25, -0.2) is 18.9 Å². The second kappa shape index (κ2) is 7.02. The van der Waals surface area contributed by atoms with E-state index in [9.17, 15) is 24.5 Å². The van der Waals surface area contributed by atoms with Crippen LogP contribution in [0.25, 0.3) is 11.2 Å². The predicted molar refractivity (Wildman–Crippen MR) is 96.6 cm³/mol. The zero-order valence-corrected chi connectivity index (χ0v) is 15.9. The van der Waals surface area contributed by atoms with E-state index >= 15 is 0 Å². The number of aromatic nitrogens is 6. The van der Waals surface area contributed by atoms with Gasteiger partial charge in [0.15, 0.2) is 17.4 Å². The second-order valence-electron chi connectivity index (χ2n) is 6.43. The van der Waals surface area contributed by atoms with Gasteiger partial charge in [0.2, 0.25) is 5.95 Å². The summed E-state index contributed by atoms with van der Waals surface area (Å²) in [4.78, 5) is 36.0. The number of nitrogen functional groups attached to an aromatic ring is 1. The molecule has 0 radical (unpaired) electrons. The average Bonchev–Trinajstić information content (AvgIpc) is 3.33. The quantitative estimate of drug-likeness (QED) is 0.296. The van der Waals surface area contributed by atoms with Crippen LogP contribution >= 0.6 is 7.75 Å². The van der Waals surface area contributed by atoms with Crippen molar-refractivity contribution in [2.75, 3.05) is 12.3 Å². The van der Waals surface area contributed by atoms with Gasteiger partial charge in [-0.3, -0.25) is 18.9 Å². The summed E-state index contributed by atoms with van der Waals surface area (Å²) in [5, 5.41) is 20.7. The number of hydrogen-bond donors (Lipinski definition) is 5. The molecule has 1 aliphatic rings. The van der Waals surface area contributed by atoms with Gasteiger partial charge in [0, 0.05) is 12.4 Å². The normalized spacial score (nSPS) is 26.8. The lowest BCUT2D eigenvalue weighted by Gasteiger charge is -2.18. The number of anilines is 1. The van der Waals surface area contributed by atoms with E-state index < -0.39 is 44.5 Å². The van der Waals surface area contributed by atoms with Crippen LogP contribution in [0.3, 0.4) is 0 Å². The number of aliphatic hydroxyl groups is 2. The Labute approximate surface area is 162 Å². The van der Waals surface area contributed by atoms with E-state index in [-0.39, 0.29) is 22.9 Å². The van der Waals surface area contributed by atoms with Crippen LogP contribution in [-0.4, -0.2) is 68.9 Å². The molecule has 5 atom stereocenters. The fourth-order valence-corrected chi connectivity index (χ4v) is 4.21. The molecule has 14 nitrogen and oxygen atoms in total. The van der Waals surface area contributed by atoms with Gasteiger partial charge in [-0.15, -0.1) is 0 Å². The third-order valence-corrected chi connectivity index (χ3v) is 5.99. The van der Waals surface area contributed by atoms with Crippen molar-refractivity contribution in [3.8, 4) is 0 Å². The van der Waals surface area contributed by atoms with Gasteiger partial charge in [0.25, 0.3) is 5.56 Å². The molecule has 0 aromatic carbocycles. The fourth-order valence-electron chi connectivity index (χ4n) is 3.10. The highest BCUT2D eigenvalue weighted by Crippen LogP contribution is 2.45. The van der Waals surface area contributed by atoms with Crippen molar-refractivity contribution in [1.29, 1.82) is 0 Å². The van der Waals surface area contributed by atoms with Crippen LogP contribution in [-0.2, 0) is 13.8 Å². The number of fused-ring (bicyclic) bond motifs is 1. The maximum Gasteiger partial charge on any atom is 0.437 e. The molecule has 3 aromatic rings. The van der Waals surface area contributed by atoms with Crippen LogP contribution < -0.4 is 11.3 Å². The summed E-state index contributed by atoms with van der Waals surface area (Å²) < 4.78 is 25.3. The van der Waals surface area contributed by atoms with E-state index in [0.29, 0.717) is 0 Å². The van der Waals surface area contributed by atoms with E-state index in [1.807, 2.05) is 0 Å². The minimum atomic E-state index is -4.28. The molecule has 6 N–H and O–H groups in total. The molecule has 156 valence electrons. The smallest absolute Gasteiger partial charge is 0.387 e. The Morgan fingerprint density at radius 1 is 1.38 bits per heavy atom. The number of ether oxygens (including phenoxy) is 1. The monoisotopic (exact) mass is 427 g/mol. The Bertz CT molecular complexity index is 1160. The third kappa shape index (κ3) is 3.35. The summed E-state index contributed by atoms with van der Waals surface area (Å²) in [5.74, 6) is 0.106. The number of aromatic amines is 1. The molecule has 4 rings (SSSR count). The number of aryl methyl sites for hydroxylation is 1. The Morgan fingerprint density at radius 2 is 2.14 bits per heavy atom. The first kappa shape index (κ1) is 19.7. The molecule has 0 bridgehead atoms.